The second kappa shape index (κ2) is 6.88. The molecule has 1 aromatic carbocycles. The van der Waals surface area contributed by atoms with Crippen LogP contribution in [0.4, 0.5) is 0 Å². The van der Waals surface area contributed by atoms with Crippen molar-refractivity contribution in [2.24, 2.45) is 0 Å². The number of benzene rings is 1. The molecule has 1 fully saturated rings. The largest absolute Gasteiger partial charge is 0.475 e. The molecule has 0 unspecified atom stereocenters. The van der Waals surface area contributed by atoms with Crippen molar-refractivity contribution in [1.82, 2.24) is 4.98 Å². The summed E-state index contributed by atoms with van der Waals surface area (Å²) < 4.78 is 5.68. The van der Waals surface area contributed by atoms with Crippen LogP contribution in [0.2, 0.25) is 0 Å². The molecule has 122 valence electrons. The van der Waals surface area contributed by atoms with Gasteiger partial charge < -0.3 is 20.1 Å². The van der Waals surface area contributed by atoms with Crippen LogP contribution in [0.15, 0.2) is 42.6 Å². The van der Waals surface area contributed by atoms with E-state index in [4.69, 9.17) is 4.74 Å². The minimum Gasteiger partial charge on any atom is -0.475 e. The Balaban J connectivity index is 1.69. The highest BCUT2D eigenvalue weighted by atomic mass is 32.2. The normalized spacial score (nSPS) is 27.7. The average Bonchev–Trinajstić information content (AvgIpc) is 2.57. The third-order valence-electron chi connectivity index (χ3n) is 3.79. The van der Waals surface area contributed by atoms with E-state index in [0.717, 1.165) is 11.3 Å². The van der Waals surface area contributed by atoms with Gasteiger partial charge in [-0.15, -0.1) is 11.8 Å². The van der Waals surface area contributed by atoms with E-state index in [-0.39, 0.29) is 0 Å². The Morgan fingerprint density at radius 3 is 2.43 bits per heavy atom. The van der Waals surface area contributed by atoms with E-state index < -0.39 is 23.7 Å². The maximum absolute atomic E-state index is 9.95. The zero-order chi connectivity index (χ0) is 16.4. The van der Waals surface area contributed by atoms with Gasteiger partial charge in [0, 0.05) is 11.3 Å². The molecule has 0 spiro atoms. The maximum Gasteiger partial charge on any atom is 0.173 e. The first-order chi connectivity index (χ1) is 11.0. The Kier molecular flexibility index (Phi) is 4.87. The molecule has 23 heavy (non-hydrogen) atoms. The minimum absolute atomic E-state index is 0.317. The third kappa shape index (κ3) is 3.67. The number of thioether (sulfide) groups is 1. The van der Waals surface area contributed by atoms with E-state index in [1.165, 1.54) is 17.3 Å². The summed E-state index contributed by atoms with van der Waals surface area (Å²) in [7, 11) is 0. The van der Waals surface area contributed by atoms with E-state index in [2.05, 4.69) is 4.98 Å². The summed E-state index contributed by atoms with van der Waals surface area (Å²) >= 11 is 1.27. The molecule has 0 saturated carbocycles. The fourth-order valence-electron chi connectivity index (χ4n) is 2.36. The molecule has 0 aliphatic carbocycles. The molecule has 0 radical (unpaired) electrons. The summed E-state index contributed by atoms with van der Waals surface area (Å²) in [6.07, 6.45) is -1.67. The van der Waals surface area contributed by atoms with Crippen LogP contribution in [-0.4, -0.2) is 49.8 Å². The van der Waals surface area contributed by atoms with Crippen LogP contribution in [0.1, 0.15) is 5.56 Å². The molecule has 1 aliphatic heterocycles. The molecule has 1 saturated heterocycles. The molecule has 1 aromatic heterocycles. The molecule has 2 heterocycles. The molecule has 0 bridgehead atoms. The highest BCUT2D eigenvalue weighted by Crippen LogP contribution is 2.29. The SMILES string of the molecule is Cc1ccc(-c2ccc(O[C@H]3SC[C@@H](O)[C@H](O)[C@H]3O)cn2)cc1. The first-order valence-corrected chi connectivity index (χ1v) is 8.45. The Hall–Kier alpha value is -1.60. The molecular weight excluding hydrogens is 314 g/mol. The molecule has 6 heteroatoms. The molecule has 4 atom stereocenters. The van der Waals surface area contributed by atoms with Crippen LogP contribution >= 0.6 is 11.8 Å². The lowest BCUT2D eigenvalue weighted by molar-refractivity contribution is -0.0786. The van der Waals surface area contributed by atoms with Crippen molar-refractivity contribution in [3.05, 3.63) is 48.2 Å². The summed E-state index contributed by atoms with van der Waals surface area (Å²) in [5.74, 6) is 0.832. The van der Waals surface area contributed by atoms with Gasteiger partial charge in [-0.25, -0.2) is 0 Å². The Morgan fingerprint density at radius 1 is 1.04 bits per heavy atom. The van der Waals surface area contributed by atoms with Crippen molar-refractivity contribution in [1.29, 1.82) is 0 Å². The summed E-state index contributed by atoms with van der Waals surface area (Å²) in [6.45, 7) is 2.03. The van der Waals surface area contributed by atoms with Crippen molar-refractivity contribution in [3.8, 4) is 17.0 Å². The fraction of sp³-hybridized carbons (Fsp3) is 0.353. The highest BCUT2D eigenvalue weighted by Gasteiger charge is 2.38. The number of hydrogen-bond acceptors (Lipinski definition) is 6. The van der Waals surface area contributed by atoms with Crippen LogP contribution in [0.5, 0.6) is 5.75 Å². The van der Waals surface area contributed by atoms with Crippen LogP contribution in [0.25, 0.3) is 11.3 Å². The Labute approximate surface area is 139 Å². The van der Waals surface area contributed by atoms with Gasteiger partial charge in [0.25, 0.3) is 0 Å². The average molecular weight is 333 g/mol. The smallest absolute Gasteiger partial charge is 0.173 e. The van der Waals surface area contributed by atoms with Gasteiger partial charge in [-0.1, -0.05) is 29.8 Å². The number of hydrogen-bond donors (Lipinski definition) is 3. The van der Waals surface area contributed by atoms with Crippen molar-refractivity contribution >= 4 is 11.8 Å². The summed E-state index contributed by atoms with van der Waals surface area (Å²) in [5.41, 5.74) is 2.43. The lowest BCUT2D eigenvalue weighted by Gasteiger charge is -2.34. The number of aryl methyl sites for hydroxylation is 1. The summed E-state index contributed by atoms with van der Waals surface area (Å²) in [6, 6.07) is 11.7. The van der Waals surface area contributed by atoms with Gasteiger partial charge in [0.1, 0.15) is 18.0 Å². The second-order valence-electron chi connectivity index (χ2n) is 5.61. The van der Waals surface area contributed by atoms with E-state index in [1.807, 2.05) is 37.3 Å². The lowest BCUT2D eigenvalue weighted by atomic mass is 10.1. The Morgan fingerprint density at radius 2 is 1.78 bits per heavy atom. The van der Waals surface area contributed by atoms with Crippen molar-refractivity contribution in [3.63, 3.8) is 0 Å². The summed E-state index contributed by atoms with van der Waals surface area (Å²) in [5, 5.41) is 29.2. The quantitative estimate of drug-likeness (QED) is 0.791. The predicted octanol–water partition coefficient (Wildman–Crippen LogP) is 1.59. The van der Waals surface area contributed by atoms with Crippen LogP contribution in [0, 0.1) is 6.92 Å². The van der Waals surface area contributed by atoms with Gasteiger partial charge in [-0.2, -0.15) is 0 Å². The lowest BCUT2D eigenvalue weighted by Crippen LogP contribution is -2.50. The van der Waals surface area contributed by atoms with Crippen molar-refractivity contribution in [2.75, 3.05) is 5.75 Å². The number of ether oxygens (including phenoxy) is 1. The molecule has 2 aromatic rings. The van der Waals surface area contributed by atoms with Crippen molar-refractivity contribution in [2.45, 2.75) is 30.7 Å². The predicted molar refractivity (Wildman–Crippen MR) is 89.3 cm³/mol. The zero-order valence-electron chi connectivity index (χ0n) is 12.7. The van der Waals surface area contributed by atoms with Gasteiger partial charge in [0.2, 0.25) is 0 Å². The molecule has 1 aliphatic rings. The van der Waals surface area contributed by atoms with E-state index in [9.17, 15) is 15.3 Å². The minimum atomic E-state index is -1.19. The summed E-state index contributed by atoms with van der Waals surface area (Å²) in [4.78, 5) is 4.38. The first-order valence-electron chi connectivity index (χ1n) is 7.40. The molecular formula is C17H19NO4S. The van der Waals surface area contributed by atoms with Crippen molar-refractivity contribution < 1.29 is 20.1 Å². The van der Waals surface area contributed by atoms with Crippen LogP contribution in [-0.2, 0) is 0 Å². The molecule has 0 amide bonds. The van der Waals surface area contributed by atoms with Gasteiger partial charge >= 0.3 is 0 Å². The standard InChI is InChI=1S/C17H19NO4S/c1-10-2-4-11(5-3-10)13-7-6-12(8-18-13)22-17-16(21)15(20)14(19)9-23-17/h2-8,14-17,19-21H,9H2,1H3/t14-,15+,16-,17+/m1/s1. The monoisotopic (exact) mass is 333 g/mol. The number of pyridine rings is 1. The van der Waals surface area contributed by atoms with Gasteiger partial charge in [-0.05, 0) is 19.1 Å². The zero-order valence-corrected chi connectivity index (χ0v) is 13.5. The van der Waals surface area contributed by atoms with Gasteiger partial charge in [0.05, 0.1) is 18.0 Å². The van der Waals surface area contributed by atoms with Crippen LogP contribution < -0.4 is 4.74 Å². The number of aliphatic hydroxyl groups excluding tert-OH is 3. The molecule has 3 N–H and O–H groups in total. The van der Waals surface area contributed by atoms with Gasteiger partial charge in [-0.3, -0.25) is 4.98 Å². The topological polar surface area (TPSA) is 82.8 Å². The third-order valence-corrected chi connectivity index (χ3v) is 5.03. The number of nitrogens with zero attached hydrogens (tertiary/aromatic N) is 1. The number of aromatic nitrogens is 1. The van der Waals surface area contributed by atoms with Crippen LogP contribution in [0.3, 0.4) is 0 Å². The van der Waals surface area contributed by atoms with E-state index in [0.29, 0.717) is 11.5 Å². The second-order valence-corrected chi connectivity index (χ2v) is 6.74. The fourth-order valence-corrected chi connectivity index (χ4v) is 3.48. The maximum atomic E-state index is 9.95. The van der Waals surface area contributed by atoms with Gasteiger partial charge in [0.15, 0.2) is 5.44 Å². The molecule has 5 nitrogen and oxygen atoms in total. The van der Waals surface area contributed by atoms with E-state index >= 15 is 0 Å². The first kappa shape index (κ1) is 16.3. The molecule has 3 rings (SSSR count). The highest BCUT2D eigenvalue weighted by molar-refractivity contribution is 7.99. The Bertz CT molecular complexity index is 647. The van der Waals surface area contributed by atoms with E-state index in [1.54, 1.807) is 12.3 Å². The number of rotatable bonds is 3. The number of aliphatic hydroxyl groups is 3.